The smallest absolute Gasteiger partial charge is 0.136 e. The third-order valence-corrected chi connectivity index (χ3v) is 3.02. The lowest BCUT2D eigenvalue weighted by molar-refractivity contribution is -0.345. The summed E-state index contributed by atoms with van der Waals surface area (Å²) in [4.78, 5) is 35.1. The lowest BCUT2D eigenvalue weighted by atomic mass is 10.1. The van der Waals surface area contributed by atoms with Gasteiger partial charge in [-0.15, -0.1) is 0 Å². The molecule has 0 atom stereocenters. The minimum absolute atomic E-state index is 0.972. The molecule has 0 aromatic carbocycles. The van der Waals surface area contributed by atoms with Crippen LogP contribution >= 0.6 is 0 Å². The van der Waals surface area contributed by atoms with Crippen LogP contribution < -0.4 is 15.3 Å². The first kappa shape index (κ1) is 22.3. The van der Waals surface area contributed by atoms with E-state index in [2.05, 4.69) is 16.0 Å². The number of piperidine rings is 1. The number of carboxylic acids is 2. The van der Waals surface area contributed by atoms with Gasteiger partial charge in [0.25, 0.3) is 0 Å². The lowest BCUT2D eigenvalue weighted by Crippen LogP contribution is -2.42. The molecule has 2 heterocycles. The molecule has 1 aliphatic heterocycles. The van der Waals surface area contributed by atoms with E-state index in [1.54, 1.807) is 0 Å². The highest BCUT2D eigenvalue weighted by Crippen LogP contribution is 2.10. The summed E-state index contributed by atoms with van der Waals surface area (Å²) in [6.07, 6.45) is 4.76. The van der Waals surface area contributed by atoms with Crippen molar-refractivity contribution in [1.29, 1.82) is 0 Å². The molecular weight excluding hydrogens is 330 g/mol. The molecule has 139 valence electrons. The molecule has 1 aliphatic rings. The molecule has 1 saturated heterocycles. The molecule has 0 saturated carbocycles. The number of pyridine rings is 1. The van der Waals surface area contributed by atoms with Crippen LogP contribution in [-0.4, -0.2) is 60.0 Å². The second kappa shape index (κ2) is 12.7. The van der Waals surface area contributed by atoms with Gasteiger partial charge in [0.1, 0.15) is 6.09 Å². The van der Waals surface area contributed by atoms with Crippen molar-refractivity contribution in [1.82, 2.24) is 14.8 Å². The van der Waals surface area contributed by atoms with Crippen LogP contribution in [0, 0.1) is 6.07 Å². The van der Waals surface area contributed by atoms with Gasteiger partial charge in [0.15, 0.2) is 0 Å². The van der Waals surface area contributed by atoms with Crippen molar-refractivity contribution in [2.24, 2.45) is 0 Å². The van der Waals surface area contributed by atoms with Gasteiger partial charge < -0.3 is 34.6 Å². The monoisotopic (exact) mass is 351 g/mol. The second-order valence-corrected chi connectivity index (χ2v) is 5.30. The maximum atomic E-state index is 9.51. The quantitative estimate of drug-likeness (QED) is 0.522. The summed E-state index contributed by atoms with van der Waals surface area (Å²) in [5, 5.41) is 27.4. The van der Waals surface area contributed by atoms with Gasteiger partial charge in [-0.05, 0) is 32.0 Å². The largest absolute Gasteiger partial charge is 0.543 e. The van der Waals surface area contributed by atoms with Crippen LogP contribution in [0.1, 0.15) is 25.0 Å². The number of carbonyl (C=O) groups is 3. The molecule has 0 aliphatic carbocycles. The molecule has 0 unspecified atom stereocenters. The minimum atomic E-state index is -2.19. The fourth-order valence-electron chi connectivity index (χ4n) is 1.77. The number of nitrogens with zero attached hydrogens (tertiary/aromatic N) is 3. The number of hydrogen-bond acceptors (Lipinski definition) is 8. The Labute approximate surface area is 146 Å². The van der Waals surface area contributed by atoms with E-state index in [-0.39, 0.29) is 0 Å². The molecular formula is C16H21N3O6-3. The number of amides is 1. The Kier molecular flexibility index (Phi) is 11.3. The average Bonchev–Trinajstić information content (AvgIpc) is 2.57. The number of rotatable bonds is 2. The van der Waals surface area contributed by atoms with Crippen LogP contribution in [0.3, 0.4) is 0 Å². The van der Waals surface area contributed by atoms with Gasteiger partial charge in [-0.3, -0.25) is 9.88 Å². The first-order valence-electron chi connectivity index (χ1n) is 7.58. The molecule has 9 nitrogen and oxygen atoms in total. The van der Waals surface area contributed by atoms with E-state index in [9.17, 15) is 9.90 Å². The number of aliphatic carboxylic acids is 2. The topological polar surface area (TPSA) is 140 Å². The minimum Gasteiger partial charge on any atom is -0.543 e. The third-order valence-electron chi connectivity index (χ3n) is 3.02. The van der Waals surface area contributed by atoms with Gasteiger partial charge >= 0.3 is 0 Å². The van der Waals surface area contributed by atoms with E-state index in [1.807, 2.05) is 18.3 Å². The molecule has 2 rings (SSSR count). The molecule has 1 aromatic rings. The number of hydrogen-bond donors (Lipinski definition) is 0. The van der Waals surface area contributed by atoms with Crippen molar-refractivity contribution >= 4 is 18.0 Å². The maximum Gasteiger partial charge on any atom is 0.136 e. The van der Waals surface area contributed by atoms with E-state index in [4.69, 9.17) is 19.8 Å². The highest BCUT2D eigenvalue weighted by molar-refractivity contribution is 6.25. The third kappa shape index (κ3) is 12.4. The first-order chi connectivity index (χ1) is 11.7. The summed E-state index contributed by atoms with van der Waals surface area (Å²) in [6.45, 7) is 3.43. The van der Waals surface area contributed by atoms with Gasteiger partial charge in [-0.1, -0.05) is 12.5 Å². The maximum absolute atomic E-state index is 9.51. The Balaban J connectivity index is 0.000000406. The number of carbonyl (C=O) groups excluding carboxylic acids is 3. The van der Waals surface area contributed by atoms with Gasteiger partial charge in [-0.2, -0.15) is 0 Å². The fourth-order valence-corrected chi connectivity index (χ4v) is 1.77. The van der Waals surface area contributed by atoms with E-state index >= 15 is 0 Å². The fraction of sp³-hybridized carbons (Fsp3) is 0.500. The average molecular weight is 351 g/mol. The first-order valence-corrected chi connectivity index (χ1v) is 7.58. The summed E-state index contributed by atoms with van der Waals surface area (Å²) in [5.41, 5.74) is 1.07. The van der Waals surface area contributed by atoms with Crippen molar-refractivity contribution in [2.75, 3.05) is 27.2 Å². The summed E-state index contributed by atoms with van der Waals surface area (Å²) < 4.78 is 0. The zero-order valence-electron chi connectivity index (χ0n) is 14.3. The summed E-state index contributed by atoms with van der Waals surface area (Å²) in [5.74, 6) is -4.37. The van der Waals surface area contributed by atoms with Gasteiger partial charge in [0.05, 0.1) is 17.6 Å². The Morgan fingerprint density at radius 2 is 1.64 bits per heavy atom. The van der Waals surface area contributed by atoms with Gasteiger partial charge in [-0.25, -0.2) is 0 Å². The molecule has 0 bridgehead atoms. The van der Waals surface area contributed by atoms with Crippen molar-refractivity contribution in [3.8, 4) is 0 Å². The highest BCUT2D eigenvalue weighted by atomic mass is 16.4. The summed E-state index contributed by atoms with van der Waals surface area (Å²) >= 11 is 0. The summed E-state index contributed by atoms with van der Waals surface area (Å²) in [6, 6.07) is 7.02. The zero-order chi connectivity index (χ0) is 19.2. The highest BCUT2D eigenvalue weighted by Gasteiger charge is 2.10. The Morgan fingerprint density at radius 1 is 1.12 bits per heavy atom. The molecule has 9 heteroatoms. The van der Waals surface area contributed by atoms with Gasteiger partial charge in [0.2, 0.25) is 0 Å². The molecule has 0 spiro atoms. The predicted molar refractivity (Wildman–Crippen MR) is 81.3 cm³/mol. The van der Waals surface area contributed by atoms with Crippen LogP contribution in [0.5, 0.6) is 0 Å². The Bertz CT molecular complexity index is 518. The molecule has 1 radical (unpaired) electrons. The van der Waals surface area contributed by atoms with E-state index in [0.717, 1.165) is 17.1 Å². The van der Waals surface area contributed by atoms with Crippen LogP contribution in [-0.2, 0) is 16.1 Å². The van der Waals surface area contributed by atoms with Crippen LogP contribution in [0.2, 0.25) is 0 Å². The molecule has 1 fully saturated rings. The van der Waals surface area contributed by atoms with Crippen molar-refractivity contribution in [2.45, 2.75) is 25.8 Å². The number of likely N-dealkylation sites (tertiary alicyclic amines) is 1. The summed E-state index contributed by atoms with van der Waals surface area (Å²) in [7, 11) is 2.82. The second-order valence-electron chi connectivity index (χ2n) is 5.30. The Morgan fingerprint density at radius 3 is 2.00 bits per heavy atom. The lowest BCUT2D eigenvalue weighted by Gasteiger charge is -2.25. The van der Waals surface area contributed by atoms with Crippen LogP contribution in [0.25, 0.3) is 0 Å². The number of carboxylic acid groups (broad SMARTS) is 3. The standard InChI is InChI=1S/C11H15N2.C3H7NO2.C2H2O4/c1-4-8-13(9-5-1)10-11-6-2-3-7-12-11;1-4(2)3(5)6;3-1(4)2(5)6/h2-3,7H,1,4-5,8-10H2;1-2H3,(H,5,6);(H,3,4)(H,5,6)/p-3. The van der Waals surface area contributed by atoms with Gasteiger partial charge in [0, 0.05) is 32.9 Å². The normalized spacial score (nSPS) is 13.4. The van der Waals surface area contributed by atoms with Crippen LogP contribution in [0.4, 0.5) is 4.79 Å². The molecule has 25 heavy (non-hydrogen) atoms. The van der Waals surface area contributed by atoms with Crippen molar-refractivity contribution < 1.29 is 29.7 Å². The number of aromatic nitrogens is 1. The van der Waals surface area contributed by atoms with Crippen molar-refractivity contribution in [3.63, 3.8) is 0 Å². The predicted octanol–water partition coefficient (Wildman–Crippen LogP) is -2.75. The van der Waals surface area contributed by atoms with Crippen LogP contribution in [0.15, 0.2) is 18.3 Å². The Hall–Kier alpha value is -2.68. The SMILES string of the molecule is CN(C)C(=O)[O-].O=C([O-])C(=O)[O-].[c]1cccnc1CN1CCCCC1. The molecule has 1 amide bonds. The van der Waals surface area contributed by atoms with E-state index < -0.39 is 18.0 Å². The van der Waals surface area contributed by atoms with E-state index in [0.29, 0.717) is 0 Å². The molecule has 0 N–H and O–H groups in total. The van der Waals surface area contributed by atoms with Crippen molar-refractivity contribution in [3.05, 3.63) is 30.1 Å². The van der Waals surface area contributed by atoms with E-state index in [1.165, 1.54) is 46.4 Å². The zero-order valence-corrected chi connectivity index (χ0v) is 14.3. The molecule has 1 aromatic heterocycles.